The van der Waals surface area contributed by atoms with Crippen LogP contribution >= 0.6 is 0 Å². The molecule has 2 aromatic carbocycles. The minimum Gasteiger partial charge on any atom is -0.246 e. The van der Waals surface area contributed by atoms with Gasteiger partial charge < -0.3 is 0 Å². The van der Waals surface area contributed by atoms with Crippen molar-refractivity contribution in [3.8, 4) is 0 Å². The Morgan fingerprint density at radius 1 is 1.00 bits per heavy atom. The van der Waals surface area contributed by atoms with E-state index in [9.17, 15) is 8.42 Å². The third-order valence-electron chi connectivity index (χ3n) is 4.02. The molecule has 1 aromatic heterocycles. The van der Waals surface area contributed by atoms with Gasteiger partial charge in [0, 0.05) is 0 Å². The lowest BCUT2D eigenvalue weighted by atomic mass is 10.1. The van der Waals surface area contributed by atoms with Crippen LogP contribution in [0.4, 0.5) is 5.95 Å². The monoisotopic (exact) mass is 356 g/mol. The second-order valence-corrected chi connectivity index (χ2v) is 7.79. The Bertz CT molecular complexity index is 992. The summed E-state index contributed by atoms with van der Waals surface area (Å²) in [6.45, 7) is 6.37. The number of benzene rings is 2. The molecular weight excluding hydrogens is 336 g/mol. The molecule has 25 heavy (non-hydrogen) atoms. The number of nitrogens with one attached hydrogen (secondary N) is 1. The van der Waals surface area contributed by atoms with Gasteiger partial charge in [-0.3, -0.25) is 0 Å². The molecule has 0 unspecified atom stereocenters. The lowest BCUT2D eigenvalue weighted by Crippen LogP contribution is -2.14. The fourth-order valence-corrected chi connectivity index (χ4v) is 3.39. The zero-order chi connectivity index (χ0) is 18.0. The number of hydrogen-bond acceptors (Lipinski definition) is 4. The fourth-order valence-electron chi connectivity index (χ4n) is 2.36. The first-order chi connectivity index (χ1) is 11.8. The summed E-state index contributed by atoms with van der Waals surface area (Å²) in [4.78, 5) is 4.24. The maximum Gasteiger partial charge on any atom is 0.264 e. The highest BCUT2D eigenvalue weighted by Gasteiger charge is 2.17. The molecular formula is C18H20N4O2S. The van der Waals surface area contributed by atoms with Crippen LogP contribution < -0.4 is 4.72 Å². The van der Waals surface area contributed by atoms with Crippen LogP contribution in [-0.2, 0) is 16.6 Å². The van der Waals surface area contributed by atoms with Gasteiger partial charge in [0.25, 0.3) is 16.0 Å². The van der Waals surface area contributed by atoms with Crippen molar-refractivity contribution in [3.63, 3.8) is 0 Å². The maximum atomic E-state index is 12.5. The average Bonchev–Trinajstić information content (AvgIpc) is 2.98. The predicted octanol–water partition coefficient (Wildman–Crippen LogP) is 3.05. The molecule has 3 rings (SSSR count). The SMILES string of the molecule is Cc1ccc(Cn2cnc(NS(=O)(=O)c3ccc(C)c(C)c3)n2)cc1. The van der Waals surface area contributed by atoms with Crippen molar-refractivity contribution in [2.75, 3.05) is 4.72 Å². The molecule has 0 aliphatic carbocycles. The molecule has 1 N–H and O–H groups in total. The van der Waals surface area contributed by atoms with Crippen LogP contribution in [0.3, 0.4) is 0 Å². The molecule has 0 aliphatic heterocycles. The number of sulfonamides is 1. The number of aromatic nitrogens is 3. The summed E-state index contributed by atoms with van der Waals surface area (Å²) < 4.78 is 29.0. The predicted molar refractivity (Wildman–Crippen MR) is 97.0 cm³/mol. The van der Waals surface area contributed by atoms with Gasteiger partial charge in [0.2, 0.25) is 0 Å². The highest BCUT2D eigenvalue weighted by Crippen LogP contribution is 2.17. The molecule has 1 heterocycles. The summed E-state index contributed by atoms with van der Waals surface area (Å²) in [7, 11) is -3.71. The lowest BCUT2D eigenvalue weighted by molar-refractivity contribution is 0.600. The summed E-state index contributed by atoms with van der Waals surface area (Å²) in [6.07, 6.45) is 1.51. The van der Waals surface area contributed by atoms with Crippen LogP contribution in [0.5, 0.6) is 0 Å². The van der Waals surface area contributed by atoms with Crippen molar-refractivity contribution in [1.29, 1.82) is 0 Å². The summed E-state index contributed by atoms with van der Waals surface area (Å²) in [5, 5.41) is 4.19. The normalized spacial score (nSPS) is 11.5. The van der Waals surface area contributed by atoms with Crippen molar-refractivity contribution in [1.82, 2.24) is 14.8 Å². The zero-order valence-corrected chi connectivity index (χ0v) is 15.2. The Hall–Kier alpha value is -2.67. The third-order valence-corrected chi connectivity index (χ3v) is 5.34. The van der Waals surface area contributed by atoms with E-state index in [0.29, 0.717) is 6.54 Å². The summed E-state index contributed by atoms with van der Waals surface area (Å²) in [6, 6.07) is 13.1. The molecule has 6 nitrogen and oxygen atoms in total. The van der Waals surface area contributed by atoms with E-state index in [4.69, 9.17) is 0 Å². The first-order valence-electron chi connectivity index (χ1n) is 7.88. The van der Waals surface area contributed by atoms with E-state index in [1.807, 2.05) is 45.0 Å². The first kappa shape index (κ1) is 17.2. The minimum atomic E-state index is -3.71. The van der Waals surface area contributed by atoms with Crippen molar-refractivity contribution < 1.29 is 8.42 Å². The van der Waals surface area contributed by atoms with Gasteiger partial charge in [-0.2, -0.15) is 4.98 Å². The number of anilines is 1. The topological polar surface area (TPSA) is 76.9 Å². The smallest absolute Gasteiger partial charge is 0.246 e. The number of rotatable bonds is 5. The molecule has 0 radical (unpaired) electrons. The Kier molecular flexibility index (Phi) is 4.59. The molecule has 0 spiro atoms. The number of hydrogen-bond donors (Lipinski definition) is 1. The largest absolute Gasteiger partial charge is 0.264 e. The Morgan fingerprint density at radius 2 is 1.72 bits per heavy atom. The van der Waals surface area contributed by atoms with Crippen molar-refractivity contribution >= 4 is 16.0 Å². The van der Waals surface area contributed by atoms with Crippen LogP contribution in [0.2, 0.25) is 0 Å². The van der Waals surface area contributed by atoms with E-state index in [2.05, 4.69) is 14.8 Å². The van der Waals surface area contributed by atoms with Gasteiger partial charge in [0.15, 0.2) is 0 Å². The van der Waals surface area contributed by atoms with E-state index >= 15 is 0 Å². The van der Waals surface area contributed by atoms with E-state index in [-0.39, 0.29) is 10.8 Å². The molecule has 0 atom stereocenters. The van der Waals surface area contributed by atoms with Crippen LogP contribution in [-0.4, -0.2) is 23.2 Å². The summed E-state index contributed by atoms with van der Waals surface area (Å²) >= 11 is 0. The number of aryl methyl sites for hydroxylation is 3. The molecule has 0 saturated heterocycles. The second kappa shape index (κ2) is 6.68. The first-order valence-corrected chi connectivity index (χ1v) is 9.37. The van der Waals surface area contributed by atoms with Gasteiger partial charge in [-0.25, -0.2) is 17.8 Å². The third kappa shape index (κ3) is 4.06. The minimum absolute atomic E-state index is 0.0605. The van der Waals surface area contributed by atoms with E-state index in [0.717, 1.165) is 16.7 Å². The quantitative estimate of drug-likeness (QED) is 0.762. The van der Waals surface area contributed by atoms with Gasteiger partial charge in [-0.1, -0.05) is 35.9 Å². The van der Waals surface area contributed by atoms with Crippen LogP contribution in [0, 0.1) is 20.8 Å². The van der Waals surface area contributed by atoms with Crippen molar-refractivity contribution in [2.24, 2.45) is 0 Å². The van der Waals surface area contributed by atoms with Crippen molar-refractivity contribution in [2.45, 2.75) is 32.2 Å². The molecule has 0 amide bonds. The Morgan fingerprint density at radius 3 is 2.40 bits per heavy atom. The lowest BCUT2D eigenvalue weighted by Gasteiger charge is -2.07. The highest BCUT2D eigenvalue weighted by molar-refractivity contribution is 7.92. The van der Waals surface area contributed by atoms with Gasteiger partial charge >= 0.3 is 0 Å². The van der Waals surface area contributed by atoms with Crippen LogP contribution in [0.1, 0.15) is 22.3 Å². The highest BCUT2D eigenvalue weighted by atomic mass is 32.2. The molecule has 3 aromatic rings. The number of nitrogens with zero attached hydrogens (tertiary/aromatic N) is 3. The fraction of sp³-hybridized carbons (Fsp3) is 0.222. The molecule has 0 saturated carbocycles. The van der Waals surface area contributed by atoms with E-state index < -0.39 is 10.0 Å². The summed E-state index contributed by atoms with van der Waals surface area (Å²) in [5.41, 5.74) is 4.21. The van der Waals surface area contributed by atoms with Gasteiger partial charge in [-0.05, 0) is 49.6 Å². The van der Waals surface area contributed by atoms with Crippen molar-refractivity contribution in [3.05, 3.63) is 71.0 Å². The van der Waals surface area contributed by atoms with E-state index in [1.165, 1.54) is 11.9 Å². The summed E-state index contributed by atoms with van der Waals surface area (Å²) in [5.74, 6) is 0.0605. The maximum absolute atomic E-state index is 12.5. The van der Waals surface area contributed by atoms with Gasteiger partial charge in [0.05, 0.1) is 11.4 Å². The Balaban J connectivity index is 1.75. The Labute approximate surface area is 147 Å². The molecule has 0 fully saturated rings. The van der Waals surface area contributed by atoms with E-state index in [1.54, 1.807) is 22.9 Å². The standard InChI is InChI=1S/C18H20N4O2S/c1-13-4-7-16(8-5-13)11-22-12-19-18(20-22)21-25(23,24)17-9-6-14(2)15(3)10-17/h4-10,12H,11H2,1-3H3,(H,20,21). The van der Waals surface area contributed by atoms with Gasteiger partial charge in [-0.15, -0.1) is 5.10 Å². The van der Waals surface area contributed by atoms with Crippen LogP contribution in [0.25, 0.3) is 0 Å². The molecule has 7 heteroatoms. The second-order valence-electron chi connectivity index (χ2n) is 6.10. The molecule has 130 valence electrons. The molecule has 0 bridgehead atoms. The van der Waals surface area contributed by atoms with Gasteiger partial charge in [0.1, 0.15) is 6.33 Å². The molecule has 0 aliphatic rings. The van der Waals surface area contributed by atoms with Crippen LogP contribution in [0.15, 0.2) is 53.7 Å². The average molecular weight is 356 g/mol. The zero-order valence-electron chi connectivity index (χ0n) is 14.4.